The maximum absolute atomic E-state index is 12.2. The van der Waals surface area contributed by atoms with Crippen molar-refractivity contribution < 1.29 is 19.1 Å². The molecule has 1 aromatic rings. The summed E-state index contributed by atoms with van der Waals surface area (Å²) in [5.41, 5.74) is 1.01. The van der Waals surface area contributed by atoms with Crippen LogP contribution in [0.15, 0.2) is 24.3 Å². The van der Waals surface area contributed by atoms with E-state index in [-0.39, 0.29) is 11.8 Å². The Kier molecular flexibility index (Phi) is 4.27. The highest BCUT2D eigenvalue weighted by Gasteiger charge is 2.33. The number of fused-ring (bicyclic) bond motifs is 1. The number of amides is 1. The van der Waals surface area contributed by atoms with Crippen LogP contribution in [-0.2, 0) is 20.7 Å². The van der Waals surface area contributed by atoms with Crippen LogP contribution in [0.1, 0.15) is 19.4 Å². The Balaban J connectivity index is 2.01. The molecular formula is C15H19NO4. The fourth-order valence-corrected chi connectivity index (χ4v) is 2.20. The third-order valence-electron chi connectivity index (χ3n) is 3.36. The van der Waals surface area contributed by atoms with Gasteiger partial charge in [-0.05, 0) is 17.5 Å². The van der Waals surface area contributed by atoms with E-state index in [0.29, 0.717) is 6.42 Å². The molecule has 0 radical (unpaired) electrons. The SMILES string of the molecule is COC(=O)C(NC(=O)C1Cc2ccccc2O1)C(C)C. The van der Waals surface area contributed by atoms with Gasteiger partial charge in [-0.1, -0.05) is 32.0 Å². The molecule has 0 aromatic heterocycles. The van der Waals surface area contributed by atoms with Crippen LogP contribution in [0.3, 0.4) is 0 Å². The second-order valence-corrected chi connectivity index (χ2v) is 5.17. The predicted molar refractivity (Wildman–Crippen MR) is 73.3 cm³/mol. The molecule has 1 aliphatic rings. The first-order valence-electron chi connectivity index (χ1n) is 6.65. The van der Waals surface area contributed by atoms with Gasteiger partial charge in [0.2, 0.25) is 0 Å². The van der Waals surface area contributed by atoms with Gasteiger partial charge >= 0.3 is 5.97 Å². The summed E-state index contributed by atoms with van der Waals surface area (Å²) >= 11 is 0. The lowest BCUT2D eigenvalue weighted by Crippen LogP contribution is -2.49. The first-order chi connectivity index (χ1) is 9.52. The number of nitrogens with one attached hydrogen (secondary N) is 1. The van der Waals surface area contributed by atoms with Gasteiger partial charge in [0.1, 0.15) is 11.8 Å². The Morgan fingerprint density at radius 2 is 2.05 bits per heavy atom. The topological polar surface area (TPSA) is 64.6 Å². The normalized spacial score (nSPS) is 18.1. The Morgan fingerprint density at radius 1 is 1.35 bits per heavy atom. The number of carbonyl (C=O) groups is 2. The van der Waals surface area contributed by atoms with Crippen molar-refractivity contribution in [3.63, 3.8) is 0 Å². The number of carbonyl (C=O) groups excluding carboxylic acids is 2. The molecule has 108 valence electrons. The van der Waals surface area contributed by atoms with Gasteiger partial charge in [-0.2, -0.15) is 0 Å². The molecule has 1 aliphatic heterocycles. The van der Waals surface area contributed by atoms with Crippen LogP contribution >= 0.6 is 0 Å². The number of hydrogen-bond acceptors (Lipinski definition) is 4. The van der Waals surface area contributed by atoms with Crippen LogP contribution in [0.25, 0.3) is 0 Å². The highest BCUT2D eigenvalue weighted by molar-refractivity contribution is 5.88. The van der Waals surface area contributed by atoms with Crippen LogP contribution in [0, 0.1) is 5.92 Å². The average Bonchev–Trinajstić information content (AvgIpc) is 2.87. The maximum Gasteiger partial charge on any atom is 0.328 e. The molecule has 2 unspecified atom stereocenters. The van der Waals surface area contributed by atoms with Gasteiger partial charge < -0.3 is 14.8 Å². The highest BCUT2D eigenvalue weighted by atomic mass is 16.5. The Morgan fingerprint density at radius 3 is 2.65 bits per heavy atom. The molecule has 2 rings (SSSR count). The van der Waals surface area contributed by atoms with Gasteiger partial charge in [-0.25, -0.2) is 4.79 Å². The molecule has 0 saturated carbocycles. The number of esters is 1. The van der Waals surface area contributed by atoms with E-state index in [1.165, 1.54) is 7.11 Å². The summed E-state index contributed by atoms with van der Waals surface area (Å²) in [5.74, 6) is -0.0452. The van der Waals surface area contributed by atoms with E-state index in [1.807, 2.05) is 38.1 Å². The molecule has 0 fully saturated rings. The minimum absolute atomic E-state index is 0.0461. The molecule has 1 N–H and O–H groups in total. The van der Waals surface area contributed by atoms with Crippen LogP contribution in [0.5, 0.6) is 5.75 Å². The van der Waals surface area contributed by atoms with E-state index >= 15 is 0 Å². The maximum atomic E-state index is 12.2. The molecule has 0 bridgehead atoms. The summed E-state index contributed by atoms with van der Waals surface area (Å²) < 4.78 is 10.3. The van der Waals surface area contributed by atoms with Gasteiger partial charge in [-0.15, -0.1) is 0 Å². The molecule has 0 spiro atoms. The predicted octanol–water partition coefficient (Wildman–Crippen LogP) is 1.30. The molecule has 5 heteroatoms. The third-order valence-corrected chi connectivity index (χ3v) is 3.36. The number of benzene rings is 1. The molecule has 1 amide bonds. The summed E-state index contributed by atoms with van der Waals surface area (Å²) in [4.78, 5) is 23.8. The van der Waals surface area contributed by atoms with Crippen molar-refractivity contribution in [2.75, 3.05) is 7.11 Å². The fourth-order valence-electron chi connectivity index (χ4n) is 2.20. The lowest BCUT2D eigenvalue weighted by Gasteiger charge is -2.21. The monoisotopic (exact) mass is 277 g/mol. The highest BCUT2D eigenvalue weighted by Crippen LogP contribution is 2.28. The summed E-state index contributed by atoms with van der Waals surface area (Å²) in [6.07, 6.45) is -0.0631. The quantitative estimate of drug-likeness (QED) is 0.843. The minimum Gasteiger partial charge on any atom is -0.480 e. The van der Waals surface area contributed by atoms with Crippen LogP contribution in [0.2, 0.25) is 0 Å². The standard InChI is InChI=1S/C15H19NO4/c1-9(2)13(15(18)19-3)16-14(17)12-8-10-6-4-5-7-11(10)20-12/h4-7,9,12-13H,8H2,1-3H3,(H,16,17). The summed E-state index contributed by atoms with van der Waals surface area (Å²) in [6, 6.07) is 6.89. The van der Waals surface area contributed by atoms with Crippen molar-refractivity contribution in [1.29, 1.82) is 0 Å². The van der Waals surface area contributed by atoms with Gasteiger partial charge in [0.05, 0.1) is 7.11 Å². The van der Waals surface area contributed by atoms with Crippen molar-refractivity contribution in [3.8, 4) is 5.75 Å². The van der Waals surface area contributed by atoms with Crippen molar-refractivity contribution in [2.45, 2.75) is 32.4 Å². The van der Waals surface area contributed by atoms with Gasteiger partial charge in [0, 0.05) is 6.42 Å². The third kappa shape index (κ3) is 2.92. The molecule has 20 heavy (non-hydrogen) atoms. The van der Waals surface area contributed by atoms with Gasteiger partial charge in [0.15, 0.2) is 6.10 Å². The molecule has 5 nitrogen and oxygen atoms in total. The van der Waals surface area contributed by atoms with Crippen LogP contribution < -0.4 is 10.1 Å². The van der Waals surface area contributed by atoms with E-state index in [1.54, 1.807) is 0 Å². The van der Waals surface area contributed by atoms with E-state index in [9.17, 15) is 9.59 Å². The summed E-state index contributed by atoms with van der Waals surface area (Å²) in [5, 5.41) is 2.71. The molecule has 1 heterocycles. The lowest BCUT2D eigenvalue weighted by molar-refractivity contribution is -0.147. The molecule has 0 aliphatic carbocycles. The molecule has 0 saturated heterocycles. The second kappa shape index (κ2) is 5.94. The van der Waals surface area contributed by atoms with E-state index < -0.39 is 18.1 Å². The molecular weight excluding hydrogens is 258 g/mol. The first kappa shape index (κ1) is 14.4. The lowest BCUT2D eigenvalue weighted by atomic mass is 10.0. The minimum atomic E-state index is -0.653. The zero-order chi connectivity index (χ0) is 14.7. The number of ether oxygens (including phenoxy) is 2. The Labute approximate surface area is 118 Å². The Bertz CT molecular complexity index is 487. The zero-order valence-corrected chi connectivity index (χ0v) is 11.9. The second-order valence-electron chi connectivity index (χ2n) is 5.17. The number of methoxy groups -OCH3 is 1. The van der Waals surface area contributed by atoms with E-state index in [4.69, 9.17) is 9.47 Å². The average molecular weight is 277 g/mol. The fraction of sp³-hybridized carbons (Fsp3) is 0.467. The van der Waals surface area contributed by atoms with Crippen LogP contribution in [0.4, 0.5) is 0 Å². The van der Waals surface area contributed by atoms with Crippen molar-refractivity contribution >= 4 is 11.9 Å². The van der Waals surface area contributed by atoms with Crippen molar-refractivity contribution in [1.82, 2.24) is 5.32 Å². The smallest absolute Gasteiger partial charge is 0.328 e. The zero-order valence-electron chi connectivity index (χ0n) is 11.9. The largest absolute Gasteiger partial charge is 0.480 e. The first-order valence-corrected chi connectivity index (χ1v) is 6.65. The van der Waals surface area contributed by atoms with Gasteiger partial charge in [-0.3, -0.25) is 4.79 Å². The van der Waals surface area contributed by atoms with Crippen molar-refractivity contribution in [2.24, 2.45) is 5.92 Å². The molecule has 2 atom stereocenters. The summed E-state index contributed by atoms with van der Waals surface area (Å²) in [7, 11) is 1.31. The summed E-state index contributed by atoms with van der Waals surface area (Å²) in [6.45, 7) is 3.71. The Hall–Kier alpha value is -2.04. The van der Waals surface area contributed by atoms with Crippen LogP contribution in [-0.4, -0.2) is 31.1 Å². The number of hydrogen-bond donors (Lipinski definition) is 1. The van der Waals surface area contributed by atoms with E-state index in [2.05, 4.69) is 5.32 Å². The number of para-hydroxylation sites is 1. The van der Waals surface area contributed by atoms with Crippen molar-refractivity contribution in [3.05, 3.63) is 29.8 Å². The number of rotatable bonds is 4. The van der Waals surface area contributed by atoms with E-state index in [0.717, 1.165) is 11.3 Å². The molecule has 1 aromatic carbocycles. The van der Waals surface area contributed by atoms with Gasteiger partial charge in [0.25, 0.3) is 5.91 Å².